The molecular weight excluding hydrogens is 286 g/mol. The molecule has 0 spiro atoms. The summed E-state index contributed by atoms with van der Waals surface area (Å²) in [5.41, 5.74) is 6.64. The molecule has 2 aromatic rings. The highest BCUT2D eigenvalue weighted by atomic mass is 79.9. The lowest BCUT2D eigenvalue weighted by Gasteiger charge is -2.05. The van der Waals surface area contributed by atoms with Crippen LogP contribution in [0.2, 0.25) is 0 Å². The molecule has 0 atom stereocenters. The van der Waals surface area contributed by atoms with Crippen molar-refractivity contribution in [1.82, 2.24) is 0 Å². The summed E-state index contributed by atoms with van der Waals surface area (Å²) < 4.78 is 0.972. The summed E-state index contributed by atoms with van der Waals surface area (Å²) in [6.07, 6.45) is 0. The van der Waals surface area contributed by atoms with Gasteiger partial charge in [-0.05, 0) is 42.5 Å². The van der Waals surface area contributed by atoms with Crippen LogP contribution in [0.1, 0.15) is 0 Å². The van der Waals surface area contributed by atoms with Gasteiger partial charge in [-0.15, -0.1) is 0 Å². The van der Waals surface area contributed by atoms with E-state index < -0.39 is 0 Å². The molecule has 3 N–H and O–H groups in total. The average molecular weight is 296 g/mol. The fourth-order valence-corrected chi connectivity index (χ4v) is 2.47. The summed E-state index contributed by atoms with van der Waals surface area (Å²) in [6, 6.07) is 12.9. The summed E-state index contributed by atoms with van der Waals surface area (Å²) in [5.74, 6) is 0.271. The predicted octanol–water partition coefficient (Wildman–Crippen LogP) is 3.89. The Bertz CT molecular complexity index is 499. The summed E-state index contributed by atoms with van der Waals surface area (Å²) in [5, 5.41) is 9.17. The maximum absolute atomic E-state index is 9.17. The zero-order valence-electron chi connectivity index (χ0n) is 8.35. The zero-order valence-corrected chi connectivity index (χ0v) is 10.8. The first-order valence-electron chi connectivity index (χ1n) is 4.67. The number of phenols is 1. The normalized spacial score (nSPS) is 10.3. The number of halogens is 1. The first kappa shape index (κ1) is 11.4. The number of benzene rings is 2. The lowest BCUT2D eigenvalue weighted by molar-refractivity contribution is 0.475. The Balaban J connectivity index is 2.23. The highest BCUT2D eigenvalue weighted by Crippen LogP contribution is 2.34. The maximum Gasteiger partial charge on any atom is 0.115 e. The molecule has 0 aliphatic rings. The molecule has 2 rings (SSSR count). The molecule has 0 aromatic heterocycles. The van der Waals surface area contributed by atoms with Crippen LogP contribution in [0.15, 0.2) is 56.7 Å². The maximum atomic E-state index is 9.17. The summed E-state index contributed by atoms with van der Waals surface area (Å²) >= 11 is 4.94. The Morgan fingerprint density at radius 3 is 2.38 bits per heavy atom. The number of aromatic hydroxyl groups is 1. The Hall–Kier alpha value is -1.13. The minimum Gasteiger partial charge on any atom is -0.508 e. The molecule has 0 saturated heterocycles. The number of nitrogens with two attached hydrogens (primary N) is 1. The van der Waals surface area contributed by atoms with Crippen LogP contribution < -0.4 is 5.73 Å². The van der Waals surface area contributed by atoms with Crippen LogP contribution in [0.25, 0.3) is 0 Å². The van der Waals surface area contributed by atoms with Gasteiger partial charge in [0.1, 0.15) is 5.75 Å². The van der Waals surface area contributed by atoms with Crippen LogP contribution in [0.4, 0.5) is 5.69 Å². The smallest absolute Gasteiger partial charge is 0.115 e. The molecule has 0 fully saturated rings. The predicted molar refractivity (Wildman–Crippen MR) is 70.8 cm³/mol. The lowest BCUT2D eigenvalue weighted by Crippen LogP contribution is -1.87. The second-order valence-corrected chi connectivity index (χ2v) is 5.31. The Labute approximate surface area is 107 Å². The fraction of sp³-hybridized carbons (Fsp3) is 0. The van der Waals surface area contributed by atoms with Crippen LogP contribution in [0, 0.1) is 0 Å². The third-order valence-corrected chi connectivity index (χ3v) is 3.63. The van der Waals surface area contributed by atoms with E-state index in [9.17, 15) is 5.11 Å². The Kier molecular flexibility index (Phi) is 3.41. The highest BCUT2D eigenvalue weighted by molar-refractivity contribution is 9.10. The molecule has 2 aromatic carbocycles. The first-order chi connectivity index (χ1) is 7.65. The minimum atomic E-state index is 0.271. The van der Waals surface area contributed by atoms with Crippen molar-refractivity contribution in [3.63, 3.8) is 0 Å². The molecule has 0 radical (unpaired) electrons. The van der Waals surface area contributed by atoms with Gasteiger partial charge in [0.25, 0.3) is 0 Å². The van der Waals surface area contributed by atoms with E-state index in [1.54, 1.807) is 23.9 Å². The van der Waals surface area contributed by atoms with Gasteiger partial charge in [-0.1, -0.05) is 27.7 Å². The van der Waals surface area contributed by atoms with Gasteiger partial charge in [0, 0.05) is 20.0 Å². The SMILES string of the molecule is Nc1cc(Br)ccc1Sc1ccc(O)cc1. The van der Waals surface area contributed by atoms with Gasteiger partial charge in [0.15, 0.2) is 0 Å². The van der Waals surface area contributed by atoms with Gasteiger partial charge in [-0.3, -0.25) is 0 Å². The van der Waals surface area contributed by atoms with Gasteiger partial charge in [-0.2, -0.15) is 0 Å². The van der Waals surface area contributed by atoms with Crippen molar-refractivity contribution < 1.29 is 5.11 Å². The molecule has 0 aliphatic carbocycles. The van der Waals surface area contributed by atoms with E-state index in [4.69, 9.17) is 5.73 Å². The molecule has 4 heteroatoms. The molecular formula is C12H10BrNOS. The van der Waals surface area contributed by atoms with E-state index in [1.807, 2.05) is 30.3 Å². The molecule has 0 saturated carbocycles. The van der Waals surface area contributed by atoms with Crippen molar-refractivity contribution in [2.24, 2.45) is 0 Å². The molecule has 16 heavy (non-hydrogen) atoms. The fourth-order valence-electron chi connectivity index (χ4n) is 1.25. The monoisotopic (exact) mass is 295 g/mol. The van der Waals surface area contributed by atoms with Crippen molar-refractivity contribution in [3.8, 4) is 5.75 Å². The van der Waals surface area contributed by atoms with E-state index in [-0.39, 0.29) is 5.75 Å². The van der Waals surface area contributed by atoms with Gasteiger partial charge < -0.3 is 10.8 Å². The largest absolute Gasteiger partial charge is 0.508 e. The Morgan fingerprint density at radius 2 is 1.75 bits per heavy atom. The van der Waals surface area contributed by atoms with Gasteiger partial charge in [0.05, 0.1) is 0 Å². The van der Waals surface area contributed by atoms with Crippen molar-refractivity contribution in [2.75, 3.05) is 5.73 Å². The van der Waals surface area contributed by atoms with Crippen LogP contribution >= 0.6 is 27.7 Å². The third-order valence-electron chi connectivity index (χ3n) is 2.04. The van der Waals surface area contributed by atoms with E-state index >= 15 is 0 Å². The summed E-state index contributed by atoms with van der Waals surface area (Å²) in [6.45, 7) is 0. The van der Waals surface area contributed by atoms with Crippen molar-refractivity contribution in [1.29, 1.82) is 0 Å². The number of rotatable bonds is 2. The van der Waals surface area contributed by atoms with E-state index in [2.05, 4.69) is 15.9 Å². The standard InChI is InChI=1S/C12H10BrNOS/c13-8-1-6-12(11(14)7-8)16-10-4-2-9(15)3-5-10/h1-7,15H,14H2. The molecule has 0 heterocycles. The number of hydrogen-bond donors (Lipinski definition) is 2. The van der Waals surface area contributed by atoms with Crippen molar-refractivity contribution in [3.05, 3.63) is 46.9 Å². The second-order valence-electron chi connectivity index (χ2n) is 3.28. The zero-order chi connectivity index (χ0) is 11.5. The first-order valence-corrected chi connectivity index (χ1v) is 6.28. The third kappa shape index (κ3) is 2.71. The van der Waals surface area contributed by atoms with Crippen molar-refractivity contribution in [2.45, 2.75) is 9.79 Å². The number of anilines is 1. The number of phenolic OH excluding ortho intramolecular Hbond substituents is 1. The molecule has 82 valence electrons. The van der Waals surface area contributed by atoms with E-state index in [0.717, 1.165) is 20.0 Å². The molecule has 0 amide bonds. The lowest BCUT2D eigenvalue weighted by atomic mass is 10.3. The van der Waals surface area contributed by atoms with Gasteiger partial charge in [0.2, 0.25) is 0 Å². The van der Waals surface area contributed by atoms with Gasteiger partial charge >= 0.3 is 0 Å². The van der Waals surface area contributed by atoms with Crippen molar-refractivity contribution >= 4 is 33.4 Å². The van der Waals surface area contributed by atoms with Crippen LogP contribution in [-0.2, 0) is 0 Å². The summed E-state index contributed by atoms with van der Waals surface area (Å²) in [4.78, 5) is 2.06. The van der Waals surface area contributed by atoms with Crippen LogP contribution in [0.3, 0.4) is 0 Å². The van der Waals surface area contributed by atoms with E-state index in [1.165, 1.54) is 0 Å². The van der Waals surface area contributed by atoms with E-state index in [0.29, 0.717) is 0 Å². The molecule has 2 nitrogen and oxygen atoms in total. The van der Waals surface area contributed by atoms with Gasteiger partial charge in [-0.25, -0.2) is 0 Å². The second kappa shape index (κ2) is 4.80. The highest BCUT2D eigenvalue weighted by Gasteiger charge is 2.02. The quantitative estimate of drug-likeness (QED) is 0.826. The minimum absolute atomic E-state index is 0.271. The summed E-state index contributed by atoms with van der Waals surface area (Å²) in [7, 11) is 0. The van der Waals surface area contributed by atoms with Crippen LogP contribution in [-0.4, -0.2) is 5.11 Å². The van der Waals surface area contributed by atoms with Crippen LogP contribution in [0.5, 0.6) is 5.75 Å². The molecule has 0 unspecified atom stereocenters. The Morgan fingerprint density at radius 1 is 1.06 bits per heavy atom. The molecule has 0 bridgehead atoms. The molecule has 0 aliphatic heterocycles. The average Bonchev–Trinajstić information content (AvgIpc) is 2.25. The number of nitrogen functional groups attached to an aromatic ring is 1. The number of hydrogen-bond acceptors (Lipinski definition) is 3. The topological polar surface area (TPSA) is 46.2 Å².